The number of nitrogens with zero attached hydrogens (tertiary/aromatic N) is 1. The van der Waals surface area contributed by atoms with Gasteiger partial charge in [-0.3, -0.25) is 0 Å². The molecule has 0 aliphatic carbocycles. The third kappa shape index (κ3) is 2.68. The summed E-state index contributed by atoms with van der Waals surface area (Å²) in [4.78, 5) is 4.94. The highest BCUT2D eigenvalue weighted by molar-refractivity contribution is 7.11. The van der Waals surface area contributed by atoms with Gasteiger partial charge in [0.15, 0.2) is 0 Å². The molecular weight excluding hydrogens is 213 g/mol. The molecule has 1 unspecified atom stereocenters. The molecule has 0 saturated heterocycles. The van der Waals surface area contributed by atoms with Crippen molar-refractivity contribution in [3.63, 3.8) is 0 Å². The van der Waals surface area contributed by atoms with Crippen LogP contribution in [0.5, 0.6) is 0 Å². The molecule has 0 spiro atoms. The van der Waals surface area contributed by atoms with Gasteiger partial charge in [-0.2, -0.15) is 13.2 Å². The fraction of sp³-hybridized carbons (Fsp3) is 0.625. The Kier molecular flexibility index (Phi) is 3.16. The Morgan fingerprint density at radius 2 is 2.00 bits per heavy atom. The van der Waals surface area contributed by atoms with Gasteiger partial charge in [0.05, 0.1) is 10.7 Å². The number of rotatable bonds is 2. The van der Waals surface area contributed by atoms with E-state index in [2.05, 4.69) is 4.98 Å². The Bertz CT molecular complexity index is 299. The van der Waals surface area contributed by atoms with Gasteiger partial charge in [-0.25, -0.2) is 4.98 Å². The predicted octanol–water partition coefficient (Wildman–Crippen LogP) is 2.19. The number of alkyl halides is 3. The number of hydrogen-bond donors (Lipinski definition) is 1. The number of thiazole rings is 1. The van der Waals surface area contributed by atoms with Gasteiger partial charge in [0.1, 0.15) is 6.04 Å². The lowest BCUT2D eigenvalue weighted by Crippen LogP contribution is -2.39. The summed E-state index contributed by atoms with van der Waals surface area (Å²) in [6.07, 6.45) is -4.57. The average Bonchev–Trinajstić information content (AvgIpc) is 2.29. The predicted molar refractivity (Wildman–Crippen MR) is 49.3 cm³/mol. The third-order valence-corrected chi connectivity index (χ3v) is 2.98. The Morgan fingerprint density at radius 3 is 2.36 bits per heavy atom. The summed E-state index contributed by atoms with van der Waals surface area (Å²) in [5.41, 5.74) is 5.76. The van der Waals surface area contributed by atoms with E-state index in [4.69, 9.17) is 5.73 Å². The first-order valence-electron chi connectivity index (χ1n) is 4.06. The first kappa shape index (κ1) is 11.5. The van der Waals surface area contributed by atoms with Crippen molar-refractivity contribution in [2.45, 2.75) is 32.5 Å². The van der Waals surface area contributed by atoms with Crippen molar-refractivity contribution in [3.8, 4) is 0 Å². The van der Waals surface area contributed by atoms with Crippen molar-refractivity contribution in [2.24, 2.45) is 5.73 Å². The van der Waals surface area contributed by atoms with Gasteiger partial charge in [-0.15, -0.1) is 11.3 Å². The van der Waals surface area contributed by atoms with Crippen LogP contribution in [-0.4, -0.2) is 17.2 Å². The lowest BCUT2D eigenvalue weighted by molar-refractivity contribution is -0.147. The first-order chi connectivity index (χ1) is 6.30. The van der Waals surface area contributed by atoms with Crippen LogP contribution in [-0.2, 0) is 6.42 Å². The molecule has 0 fully saturated rings. The molecule has 1 aromatic heterocycles. The van der Waals surface area contributed by atoms with Crippen molar-refractivity contribution in [1.29, 1.82) is 0 Å². The number of halogens is 3. The van der Waals surface area contributed by atoms with E-state index in [1.807, 2.05) is 6.92 Å². The van der Waals surface area contributed by atoms with Crippen molar-refractivity contribution in [2.75, 3.05) is 0 Å². The van der Waals surface area contributed by atoms with Crippen LogP contribution in [0.3, 0.4) is 0 Å². The SMILES string of the molecule is Cc1nc(CC(N)C(F)(F)F)sc1C. The van der Waals surface area contributed by atoms with Crippen LogP contribution in [0, 0.1) is 13.8 Å². The molecule has 14 heavy (non-hydrogen) atoms. The van der Waals surface area contributed by atoms with Crippen LogP contribution in [0.25, 0.3) is 0 Å². The summed E-state index contributed by atoms with van der Waals surface area (Å²) < 4.78 is 36.3. The molecule has 0 aliphatic heterocycles. The maximum absolute atomic E-state index is 12.1. The fourth-order valence-corrected chi connectivity index (χ4v) is 1.92. The van der Waals surface area contributed by atoms with E-state index >= 15 is 0 Å². The molecule has 0 aromatic carbocycles. The molecule has 2 N–H and O–H groups in total. The van der Waals surface area contributed by atoms with Gasteiger partial charge in [0.25, 0.3) is 0 Å². The molecule has 0 aliphatic rings. The van der Waals surface area contributed by atoms with Crippen LogP contribution in [0.1, 0.15) is 15.6 Å². The highest BCUT2D eigenvalue weighted by Crippen LogP contribution is 2.24. The van der Waals surface area contributed by atoms with Gasteiger partial charge < -0.3 is 5.73 Å². The smallest absolute Gasteiger partial charge is 0.320 e. The van der Waals surface area contributed by atoms with Gasteiger partial charge >= 0.3 is 6.18 Å². The van der Waals surface area contributed by atoms with Crippen LogP contribution >= 0.6 is 11.3 Å². The number of aryl methyl sites for hydroxylation is 2. The molecule has 2 nitrogen and oxygen atoms in total. The largest absolute Gasteiger partial charge is 0.404 e. The molecule has 80 valence electrons. The highest BCUT2D eigenvalue weighted by atomic mass is 32.1. The summed E-state index contributed by atoms with van der Waals surface area (Å²) in [6, 6.07) is -1.81. The molecule has 1 rings (SSSR count). The van der Waals surface area contributed by atoms with Crippen LogP contribution in [0.4, 0.5) is 13.2 Å². The minimum Gasteiger partial charge on any atom is -0.320 e. The summed E-state index contributed by atoms with van der Waals surface area (Å²) in [7, 11) is 0. The van der Waals surface area contributed by atoms with Crippen LogP contribution in [0.15, 0.2) is 0 Å². The zero-order valence-corrected chi connectivity index (χ0v) is 8.67. The van der Waals surface area contributed by atoms with E-state index in [9.17, 15) is 13.2 Å². The molecule has 0 saturated carbocycles. The summed E-state index contributed by atoms with van der Waals surface area (Å²) >= 11 is 1.27. The van der Waals surface area contributed by atoms with Gasteiger partial charge in [0, 0.05) is 11.3 Å². The lowest BCUT2D eigenvalue weighted by atomic mass is 10.2. The second-order valence-electron chi connectivity index (χ2n) is 3.10. The Balaban J connectivity index is 2.70. The highest BCUT2D eigenvalue weighted by Gasteiger charge is 2.37. The summed E-state index contributed by atoms with van der Waals surface area (Å²) in [5, 5.41) is 0.449. The summed E-state index contributed by atoms with van der Waals surface area (Å²) in [5.74, 6) is 0. The fourth-order valence-electron chi connectivity index (χ4n) is 0.930. The van der Waals surface area contributed by atoms with Crippen molar-refractivity contribution in [1.82, 2.24) is 4.98 Å². The first-order valence-corrected chi connectivity index (χ1v) is 4.87. The lowest BCUT2D eigenvalue weighted by Gasteiger charge is -2.13. The van der Waals surface area contributed by atoms with E-state index in [1.165, 1.54) is 11.3 Å². The van der Waals surface area contributed by atoms with Gasteiger partial charge in [-0.05, 0) is 13.8 Å². The van der Waals surface area contributed by atoms with Crippen LogP contribution in [0.2, 0.25) is 0 Å². The Hall–Kier alpha value is -0.620. The van der Waals surface area contributed by atoms with E-state index < -0.39 is 12.2 Å². The van der Waals surface area contributed by atoms with E-state index in [-0.39, 0.29) is 6.42 Å². The number of nitrogens with two attached hydrogens (primary N) is 1. The molecule has 0 bridgehead atoms. The Morgan fingerprint density at radius 1 is 1.43 bits per heavy atom. The second kappa shape index (κ2) is 3.86. The molecular formula is C8H11F3N2S. The van der Waals surface area contributed by atoms with E-state index in [1.54, 1.807) is 6.92 Å². The maximum atomic E-state index is 12.1. The number of hydrogen-bond acceptors (Lipinski definition) is 3. The molecule has 1 atom stereocenters. The molecule has 1 aromatic rings. The summed E-state index contributed by atoms with van der Waals surface area (Å²) in [6.45, 7) is 3.60. The van der Waals surface area contributed by atoms with E-state index in [0.717, 1.165) is 10.6 Å². The van der Waals surface area contributed by atoms with Crippen molar-refractivity contribution >= 4 is 11.3 Å². The van der Waals surface area contributed by atoms with Gasteiger partial charge in [-0.1, -0.05) is 0 Å². The third-order valence-electron chi connectivity index (χ3n) is 1.89. The van der Waals surface area contributed by atoms with Crippen molar-refractivity contribution in [3.05, 3.63) is 15.6 Å². The quantitative estimate of drug-likeness (QED) is 0.836. The average molecular weight is 224 g/mol. The van der Waals surface area contributed by atoms with Crippen molar-refractivity contribution < 1.29 is 13.2 Å². The monoisotopic (exact) mass is 224 g/mol. The topological polar surface area (TPSA) is 38.9 Å². The molecule has 1 heterocycles. The minimum atomic E-state index is -4.34. The normalized spacial score (nSPS) is 14.4. The number of aromatic nitrogens is 1. The standard InChI is InChI=1S/C8H11F3N2S/c1-4-5(2)14-7(13-4)3-6(12)8(9,10)11/h6H,3,12H2,1-2H3. The van der Waals surface area contributed by atoms with Gasteiger partial charge in [0.2, 0.25) is 0 Å². The minimum absolute atomic E-state index is 0.233. The Labute approximate surface area is 84.0 Å². The molecule has 0 amide bonds. The maximum Gasteiger partial charge on any atom is 0.404 e. The zero-order chi connectivity index (χ0) is 10.9. The van der Waals surface area contributed by atoms with Crippen LogP contribution < -0.4 is 5.73 Å². The molecule has 6 heteroatoms. The second-order valence-corrected chi connectivity index (χ2v) is 4.39. The van der Waals surface area contributed by atoms with E-state index in [0.29, 0.717) is 5.01 Å². The molecule has 0 radical (unpaired) electrons. The zero-order valence-electron chi connectivity index (χ0n) is 7.85.